The Hall–Kier alpha value is -1.57. The average molecular weight is 354 g/mol. The van der Waals surface area contributed by atoms with Crippen LogP contribution in [0.5, 0.6) is 0 Å². The molecule has 0 bridgehead atoms. The molecule has 0 aliphatic heterocycles. The summed E-state index contributed by atoms with van der Waals surface area (Å²) < 4.78 is 13.7. The van der Waals surface area contributed by atoms with Gasteiger partial charge in [-0.1, -0.05) is 41.9 Å². The fourth-order valence-electron chi connectivity index (χ4n) is 1.84. The summed E-state index contributed by atoms with van der Waals surface area (Å²) in [5.74, 6) is -0.712. The number of hydrogen-bond donors (Lipinski definition) is 1. The minimum atomic E-state index is -0.410. The molecule has 0 saturated heterocycles. The van der Waals surface area contributed by atoms with Crippen LogP contribution in [0.1, 0.15) is 11.5 Å². The van der Waals surface area contributed by atoms with E-state index in [4.69, 9.17) is 11.6 Å². The summed E-state index contributed by atoms with van der Waals surface area (Å²) >= 11 is 9.25. The predicted molar refractivity (Wildman–Crippen MR) is 82.4 cm³/mol. The summed E-state index contributed by atoms with van der Waals surface area (Å²) in [5.41, 5.74) is 1.51. The molecule has 0 amide bonds. The Bertz CT molecular complexity index is 617. The highest BCUT2D eigenvalue weighted by Gasteiger charge is 2.13. The molecule has 2 aromatic rings. The summed E-state index contributed by atoms with van der Waals surface area (Å²) in [6.45, 7) is 0.393. The molecule has 0 aliphatic carbocycles. The zero-order valence-corrected chi connectivity index (χ0v) is 12.7. The lowest BCUT2D eigenvalue weighted by atomic mass is 10.0. The van der Waals surface area contributed by atoms with E-state index in [0.29, 0.717) is 16.7 Å². The standard InChI is InChI=1S/C15H11BrClFN2/c16-13-6-12(18)7-14(17)15(13)20-9-11(8-19)10-4-2-1-3-5-10/h1-7,11,20H,9H2. The molecule has 20 heavy (non-hydrogen) atoms. The van der Waals surface area contributed by atoms with Gasteiger partial charge in [-0.25, -0.2) is 4.39 Å². The first kappa shape index (κ1) is 14.8. The number of hydrogen-bond acceptors (Lipinski definition) is 2. The second-order valence-corrected chi connectivity index (χ2v) is 5.48. The summed E-state index contributed by atoms with van der Waals surface area (Å²) in [7, 11) is 0. The van der Waals surface area contributed by atoms with Gasteiger partial charge in [-0.05, 0) is 33.6 Å². The van der Waals surface area contributed by atoms with Crippen LogP contribution in [-0.4, -0.2) is 6.54 Å². The molecule has 1 N–H and O–H groups in total. The van der Waals surface area contributed by atoms with Crippen molar-refractivity contribution in [2.24, 2.45) is 0 Å². The molecular weight excluding hydrogens is 343 g/mol. The summed E-state index contributed by atoms with van der Waals surface area (Å²) in [4.78, 5) is 0. The highest BCUT2D eigenvalue weighted by atomic mass is 79.9. The second kappa shape index (κ2) is 6.74. The summed E-state index contributed by atoms with van der Waals surface area (Å²) in [6, 6.07) is 14.3. The van der Waals surface area contributed by atoms with E-state index in [1.165, 1.54) is 12.1 Å². The summed E-state index contributed by atoms with van der Waals surface area (Å²) in [6.07, 6.45) is 0. The fraction of sp³-hybridized carbons (Fsp3) is 0.133. The van der Waals surface area contributed by atoms with E-state index in [-0.39, 0.29) is 10.9 Å². The molecule has 0 radical (unpaired) electrons. The van der Waals surface area contributed by atoms with E-state index in [1.54, 1.807) is 0 Å². The van der Waals surface area contributed by atoms with Crippen LogP contribution in [-0.2, 0) is 0 Å². The van der Waals surface area contributed by atoms with Crippen molar-refractivity contribution in [3.05, 3.63) is 63.3 Å². The third-order valence-electron chi connectivity index (χ3n) is 2.85. The topological polar surface area (TPSA) is 35.8 Å². The predicted octanol–water partition coefficient (Wildman–Crippen LogP) is 4.96. The van der Waals surface area contributed by atoms with Crippen LogP contribution in [0.4, 0.5) is 10.1 Å². The Morgan fingerprint density at radius 3 is 2.60 bits per heavy atom. The van der Waals surface area contributed by atoms with Crippen LogP contribution in [0.25, 0.3) is 0 Å². The minimum Gasteiger partial charge on any atom is -0.381 e. The van der Waals surface area contributed by atoms with Gasteiger partial charge in [0.25, 0.3) is 0 Å². The highest BCUT2D eigenvalue weighted by Crippen LogP contribution is 2.32. The number of rotatable bonds is 4. The van der Waals surface area contributed by atoms with Gasteiger partial charge in [0.2, 0.25) is 0 Å². The van der Waals surface area contributed by atoms with Crippen LogP contribution < -0.4 is 5.32 Å². The van der Waals surface area contributed by atoms with Crippen molar-refractivity contribution in [3.8, 4) is 6.07 Å². The summed E-state index contributed by atoms with van der Waals surface area (Å²) in [5, 5.41) is 12.6. The van der Waals surface area contributed by atoms with Crippen molar-refractivity contribution in [1.29, 1.82) is 5.26 Å². The normalized spacial score (nSPS) is 11.7. The van der Waals surface area contributed by atoms with E-state index in [0.717, 1.165) is 5.56 Å². The molecule has 2 rings (SSSR count). The maximum atomic E-state index is 13.1. The molecule has 0 saturated carbocycles. The van der Waals surface area contributed by atoms with Crippen LogP contribution in [0, 0.1) is 17.1 Å². The van der Waals surface area contributed by atoms with E-state index in [9.17, 15) is 9.65 Å². The Morgan fingerprint density at radius 2 is 2.00 bits per heavy atom. The number of benzene rings is 2. The molecule has 0 spiro atoms. The van der Waals surface area contributed by atoms with Crippen molar-refractivity contribution in [2.45, 2.75) is 5.92 Å². The lowest BCUT2D eigenvalue weighted by molar-refractivity contribution is 0.627. The Morgan fingerprint density at radius 1 is 1.30 bits per heavy atom. The van der Waals surface area contributed by atoms with E-state index in [1.807, 2.05) is 30.3 Å². The van der Waals surface area contributed by atoms with Crippen molar-refractivity contribution in [1.82, 2.24) is 0 Å². The first-order valence-electron chi connectivity index (χ1n) is 5.95. The first-order valence-corrected chi connectivity index (χ1v) is 7.12. The van der Waals surface area contributed by atoms with Gasteiger partial charge in [0, 0.05) is 11.0 Å². The molecule has 1 unspecified atom stereocenters. The van der Waals surface area contributed by atoms with Crippen molar-refractivity contribution in [3.63, 3.8) is 0 Å². The first-order chi connectivity index (χ1) is 9.61. The van der Waals surface area contributed by atoms with Gasteiger partial charge in [0.15, 0.2) is 0 Å². The molecular formula is C15H11BrClFN2. The van der Waals surface area contributed by atoms with E-state index < -0.39 is 5.82 Å². The van der Waals surface area contributed by atoms with Gasteiger partial charge in [-0.2, -0.15) is 5.26 Å². The highest BCUT2D eigenvalue weighted by molar-refractivity contribution is 9.10. The largest absolute Gasteiger partial charge is 0.381 e. The monoisotopic (exact) mass is 352 g/mol. The number of nitrogens with zero attached hydrogens (tertiary/aromatic N) is 1. The van der Waals surface area contributed by atoms with E-state index in [2.05, 4.69) is 27.3 Å². The van der Waals surface area contributed by atoms with Crippen LogP contribution in [0.3, 0.4) is 0 Å². The van der Waals surface area contributed by atoms with Gasteiger partial charge >= 0.3 is 0 Å². The van der Waals surface area contributed by atoms with Gasteiger partial charge in [-0.3, -0.25) is 0 Å². The molecule has 5 heteroatoms. The average Bonchev–Trinajstić information content (AvgIpc) is 2.43. The second-order valence-electron chi connectivity index (χ2n) is 4.22. The zero-order valence-electron chi connectivity index (χ0n) is 10.4. The Kier molecular flexibility index (Phi) is 4.99. The lowest BCUT2D eigenvalue weighted by Gasteiger charge is -2.14. The molecule has 2 aromatic carbocycles. The molecule has 1 atom stereocenters. The van der Waals surface area contributed by atoms with Crippen LogP contribution in [0.2, 0.25) is 5.02 Å². The SMILES string of the molecule is N#CC(CNc1c(Cl)cc(F)cc1Br)c1ccccc1. The maximum Gasteiger partial charge on any atom is 0.125 e. The Balaban J connectivity index is 2.14. The van der Waals surface area contributed by atoms with Crippen molar-refractivity contribution >= 4 is 33.2 Å². The third-order valence-corrected chi connectivity index (χ3v) is 3.77. The lowest BCUT2D eigenvalue weighted by Crippen LogP contribution is -2.12. The van der Waals surface area contributed by atoms with Gasteiger partial charge in [0.1, 0.15) is 5.82 Å². The Labute approximate surface area is 130 Å². The van der Waals surface area contributed by atoms with Gasteiger partial charge in [0.05, 0.1) is 22.7 Å². The van der Waals surface area contributed by atoms with E-state index >= 15 is 0 Å². The molecule has 102 valence electrons. The third kappa shape index (κ3) is 3.50. The maximum absolute atomic E-state index is 13.1. The number of halogens is 3. The number of nitrogens with one attached hydrogen (secondary N) is 1. The molecule has 0 fully saturated rings. The number of nitriles is 1. The van der Waals surface area contributed by atoms with Crippen molar-refractivity contribution in [2.75, 3.05) is 11.9 Å². The molecule has 2 nitrogen and oxygen atoms in total. The van der Waals surface area contributed by atoms with Crippen LogP contribution in [0.15, 0.2) is 46.9 Å². The fourth-order valence-corrected chi connectivity index (χ4v) is 2.80. The zero-order chi connectivity index (χ0) is 14.5. The van der Waals surface area contributed by atoms with Gasteiger partial charge < -0.3 is 5.32 Å². The smallest absolute Gasteiger partial charge is 0.125 e. The molecule has 0 heterocycles. The van der Waals surface area contributed by atoms with Crippen molar-refractivity contribution < 1.29 is 4.39 Å². The van der Waals surface area contributed by atoms with Crippen LogP contribution >= 0.6 is 27.5 Å². The number of anilines is 1. The quantitative estimate of drug-likeness (QED) is 0.843. The molecule has 0 aliphatic rings. The van der Waals surface area contributed by atoms with Gasteiger partial charge in [-0.15, -0.1) is 0 Å². The minimum absolute atomic E-state index is 0.279. The molecule has 0 aromatic heterocycles.